The lowest BCUT2D eigenvalue weighted by atomic mass is 10.2. The fraction of sp³-hybridized carbons (Fsp3) is 0.318. The van der Waals surface area contributed by atoms with Crippen molar-refractivity contribution >= 4 is 27.8 Å². The molecule has 9 nitrogen and oxygen atoms in total. The highest BCUT2D eigenvalue weighted by Crippen LogP contribution is 2.21. The Morgan fingerprint density at radius 3 is 2.65 bits per heavy atom. The maximum Gasteiger partial charge on any atom is 0.277 e. The summed E-state index contributed by atoms with van der Waals surface area (Å²) < 4.78 is 8.51. The van der Waals surface area contributed by atoms with E-state index in [1.807, 2.05) is 31.2 Å². The largest absolute Gasteiger partial charge is 0.383 e. The second-order valence-electron chi connectivity index (χ2n) is 7.28. The molecule has 1 amide bonds. The molecule has 31 heavy (non-hydrogen) atoms. The molecule has 0 saturated heterocycles. The van der Waals surface area contributed by atoms with E-state index in [1.54, 1.807) is 31.4 Å². The van der Waals surface area contributed by atoms with Crippen molar-refractivity contribution < 1.29 is 9.53 Å². The molecule has 0 unspecified atom stereocenters. The van der Waals surface area contributed by atoms with Gasteiger partial charge < -0.3 is 14.6 Å². The zero-order valence-corrected chi connectivity index (χ0v) is 17.5. The number of carbonyl (C=O) groups excluding carboxylic acids is 1. The number of amides is 1. The monoisotopic (exact) mass is 420 g/mol. The second-order valence-corrected chi connectivity index (χ2v) is 7.28. The van der Waals surface area contributed by atoms with Crippen LogP contribution in [0.25, 0.3) is 21.9 Å². The van der Waals surface area contributed by atoms with Crippen molar-refractivity contribution in [3.05, 3.63) is 64.7 Å². The summed E-state index contributed by atoms with van der Waals surface area (Å²) in [5.41, 5.74) is 2.14. The van der Waals surface area contributed by atoms with Gasteiger partial charge in [0.2, 0.25) is 5.91 Å². The van der Waals surface area contributed by atoms with Crippen LogP contribution in [0.2, 0.25) is 0 Å². The number of fused-ring (bicyclic) bond motifs is 2. The van der Waals surface area contributed by atoms with Gasteiger partial charge in [0.15, 0.2) is 0 Å². The quantitative estimate of drug-likeness (QED) is 0.468. The van der Waals surface area contributed by atoms with Crippen LogP contribution in [0, 0.1) is 0 Å². The average molecular weight is 420 g/mol. The van der Waals surface area contributed by atoms with Gasteiger partial charge in [0.05, 0.1) is 35.6 Å². The van der Waals surface area contributed by atoms with Crippen molar-refractivity contribution in [2.45, 2.75) is 32.5 Å². The highest BCUT2D eigenvalue weighted by molar-refractivity contribution is 5.78. The first-order valence-corrected chi connectivity index (χ1v) is 10.1. The minimum Gasteiger partial charge on any atom is -0.383 e. The van der Waals surface area contributed by atoms with Gasteiger partial charge in [-0.05, 0) is 31.2 Å². The molecule has 160 valence electrons. The molecule has 0 spiro atoms. The Labute approximate surface area is 178 Å². The van der Waals surface area contributed by atoms with Gasteiger partial charge in [-0.25, -0.2) is 9.67 Å². The van der Waals surface area contributed by atoms with E-state index in [-0.39, 0.29) is 30.5 Å². The number of imidazole rings is 1. The molecular formula is C22H24N6O3. The van der Waals surface area contributed by atoms with E-state index in [0.717, 1.165) is 16.9 Å². The Morgan fingerprint density at radius 2 is 1.84 bits per heavy atom. The Hall–Kier alpha value is -3.59. The number of methoxy groups -OCH3 is 1. The summed E-state index contributed by atoms with van der Waals surface area (Å²) in [5.74, 6) is 0.564. The summed E-state index contributed by atoms with van der Waals surface area (Å²) in [6.45, 7) is 3.21. The Balaban J connectivity index is 1.47. The molecule has 4 rings (SSSR count). The van der Waals surface area contributed by atoms with Gasteiger partial charge in [0.1, 0.15) is 11.3 Å². The highest BCUT2D eigenvalue weighted by atomic mass is 16.5. The summed E-state index contributed by atoms with van der Waals surface area (Å²) in [5, 5.41) is 11.4. The van der Waals surface area contributed by atoms with Crippen LogP contribution in [0.3, 0.4) is 0 Å². The third-order valence-electron chi connectivity index (χ3n) is 5.15. The van der Waals surface area contributed by atoms with Crippen LogP contribution in [-0.2, 0) is 22.6 Å². The number of para-hydroxylation sites is 2. The first-order chi connectivity index (χ1) is 15.1. The van der Waals surface area contributed by atoms with Crippen LogP contribution in [0.4, 0.5) is 0 Å². The molecule has 0 saturated carbocycles. The number of rotatable bonds is 8. The predicted molar refractivity (Wildman–Crippen MR) is 117 cm³/mol. The summed E-state index contributed by atoms with van der Waals surface area (Å²) in [4.78, 5) is 29.8. The second kappa shape index (κ2) is 9.05. The van der Waals surface area contributed by atoms with E-state index in [4.69, 9.17) is 9.72 Å². The number of aryl methyl sites for hydroxylation is 1. The minimum absolute atomic E-state index is 0.107. The third-order valence-corrected chi connectivity index (χ3v) is 5.15. The number of hydrogen-bond donors (Lipinski definition) is 1. The number of aromatic nitrogens is 5. The molecule has 0 bridgehead atoms. The van der Waals surface area contributed by atoms with E-state index >= 15 is 0 Å². The maximum atomic E-state index is 12.6. The van der Waals surface area contributed by atoms with Crippen LogP contribution in [0.15, 0.2) is 53.3 Å². The van der Waals surface area contributed by atoms with E-state index in [9.17, 15) is 9.59 Å². The van der Waals surface area contributed by atoms with Crippen molar-refractivity contribution in [3.63, 3.8) is 0 Å². The van der Waals surface area contributed by atoms with E-state index in [1.165, 1.54) is 4.68 Å². The predicted octanol–water partition coefficient (Wildman–Crippen LogP) is 2.06. The summed E-state index contributed by atoms with van der Waals surface area (Å²) in [7, 11) is 1.65. The van der Waals surface area contributed by atoms with Crippen LogP contribution < -0.4 is 10.9 Å². The van der Waals surface area contributed by atoms with Gasteiger partial charge in [-0.2, -0.15) is 0 Å². The van der Waals surface area contributed by atoms with Gasteiger partial charge in [0, 0.05) is 20.1 Å². The number of ether oxygens (including phenoxy) is 1. The normalized spacial score (nSPS) is 12.3. The lowest BCUT2D eigenvalue weighted by molar-refractivity contribution is -0.122. The molecule has 1 atom stereocenters. The summed E-state index contributed by atoms with van der Waals surface area (Å²) in [6, 6.07) is 14.6. The van der Waals surface area contributed by atoms with Gasteiger partial charge in [-0.3, -0.25) is 9.59 Å². The Bertz CT molecular complexity index is 1280. The molecule has 1 N–H and O–H groups in total. The molecule has 4 aromatic rings. The molecule has 2 heterocycles. The minimum atomic E-state index is -0.309. The van der Waals surface area contributed by atoms with Crippen LogP contribution in [-0.4, -0.2) is 44.2 Å². The molecule has 0 aliphatic rings. The number of carbonyl (C=O) groups is 1. The Morgan fingerprint density at radius 1 is 1.10 bits per heavy atom. The Kier molecular flexibility index (Phi) is 6.03. The zero-order chi connectivity index (χ0) is 21.8. The fourth-order valence-electron chi connectivity index (χ4n) is 3.60. The molecule has 2 aromatic carbocycles. The van der Waals surface area contributed by atoms with E-state index < -0.39 is 0 Å². The highest BCUT2D eigenvalue weighted by Gasteiger charge is 2.18. The topological polar surface area (TPSA) is 104 Å². The number of benzene rings is 2. The number of nitrogens with zero attached hydrogens (tertiary/aromatic N) is 5. The van der Waals surface area contributed by atoms with Crippen LogP contribution >= 0.6 is 0 Å². The number of nitrogens with one attached hydrogen (secondary N) is 1. The smallest absolute Gasteiger partial charge is 0.277 e. The van der Waals surface area contributed by atoms with Gasteiger partial charge >= 0.3 is 0 Å². The van der Waals surface area contributed by atoms with Crippen molar-refractivity contribution in [2.75, 3.05) is 13.7 Å². The van der Waals surface area contributed by atoms with Crippen molar-refractivity contribution in [1.82, 2.24) is 29.9 Å². The standard InChI is InChI=1S/C22H24N6O3/c1-15(21-24-18-9-5-6-10-19(18)27(21)13-14-31-2)23-20(29)11-12-28-22(30)16-7-3-4-8-17(16)25-26-28/h3-10,15H,11-14H2,1-2H3,(H,23,29)/t15-/m0/s1. The van der Waals surface area contributed by atoms with Crippen molar-refractivity contribution in [1.29, 1.82) is 0 Å². The molecule has 0 fully saturated rings. The maximum absolute atomic E-state index is 12.6. The lowest BCUT2D eigenvalue weighted by Gasteiger charge is -2.16. The summed E-state index contributed by atoms with van der Waals surface area (Å²) in [6.07, 6.45) is 0.107. The lowest BCUT2D eigenvalue weighted by Crippen LogP contribution is -2.32. The van der Waals surface area contributed by atoms with E-state index in [0.29, 0.717) is 24.1 Å². The molecule has 0 aliphatic carbocycles. The molecule has 0 radical (unpaired) electrons. The number of hydrogen-bond acceptors (Lipinski definition) is 6. The first-order valence-electron chi connectivity index (χ1n) is 10.1. The van der Waals surface area contributed by atoms with Crippen LogP contribution in [0.5, 0.6) is 0 Å². The zero-order valence-electron chi connectivity index (χ0n) is 17.5. The average Bonchev–Trinajstić information content (AvgIpc) is 3.16. The SMILES string of the molecule is COCCn1c([C@H](C)NC(=O)CCn2nnc3ccccc3c2=O)nc2ccccc21. The summed E-state index contributed by atoms with van der Waals surface area (Å²) >= 11 is 0. The molecular weight excluding hydrogens is 396 g/mol. The van der Waals surface area contributed by atoms with Gasteiger partial charge in [0.25, 0.3) is 5.56 Å². The third kappa shape index (κ3) is 4.31. The van der Waals surface area contributed by atoms with Gasteiger partial charge in [-0.15, -0.1) is 5.10 Å². The van der Waals surface area contributed by atoms with Crippen molar-refractivity contribution in [3.8, 4) is 0 Å². The fourth-order valence-corrected chi connectivity index (χ4v) is 3.60. The van der Waals surface area contributed by atoms with Gasteiger partial charge in [-0.1, -0.05) is 29.5 Å². The van der Waals surface area contributed by atoms with Crippen LogP contribution in [0.1, 0.15) is 25.2 Å². The molecule has 2 aromatic heterocycles. The van der Waals surface area contributed by atoms with Crippen molar-refractivity contribution in [2.24, 2.45) is 0 Å². The van der Waals surface area contributed by atoms with E-state index in [2.05, 4.69) is 20.2 Å². The first kappa shape index (κ1) is 20.7. The molecule has 0 aliphatic heterocycles. The molecule has 9 heteroatoms.